The summed E-state index contributed by atoms with van der Waals surface area (Å²) in [5, 5.41) is 3.49. The van der Waals surface area contributed by atoms with Crippen molar-refractivity contribution < 1.29 is 4.79 Å². The van der Waals surface area contributed by atoms with E-state index in [2.05, 4.69) is 28.9 Å². The molecule has 0 aliphatic carbocycles. The lowest BCUT2D eigenvalue weighted by molar-refractivity contribution is 0.0742. The van der Waals surface area contributed by atoms with Crippen LogP contribution in [0.4, 0.5) is 5.69 Å². The number of amides is 1. The van der Waals surface area contributed by atoms with Gasteiger partial charge in [0.1, 0.15) is 10.7 Å². The van der Waals surface area contributed by atoms with E-state index in [0.29, 0.717) is 18.8 Å². The quantitative estimate of drug-likeness (QED) is 0.640. The van der Waals surface area contributed by atoms with E-state index in [0.717, 1.165) is 34.4 Å². The molecule has 6 heteroatoms. The molecule has 4 nitrogen and oxygen atoms in total. The number of nitrogens with zero attached hydrogens (tertiary/aromatic N) is 3. The van der Waals surface area contributed by atoms with Crippen molar-refractivity contribution in [3.05, 3.63) is 70.2 Å². The Morgan fingerprint density at radius 3 is 2.33 bits per heavy atom. The molecular formula is C21H20ClN3OS. The maximum absolute atomic E-state index is 12.8. The average molecular weight is 398 g/mol. The first-order valence-electron chi connectivity index (χ1n) is 8.92. The summed E-state index contributed by atoms with van der Waals surface area (Å²) in [7, 11) is 0. The van der Waals surface area contributed by atoms with E-state index < -0.39 is 0 Å². The van der Waals surface area contributed by atoms with Crippen LogP contribution in [0.2, 0.25) is 5.02 Å². The molecule has 1 saturated heterocycles. The fourth-order valence-electron chi connectivity index (χ4n) is 3.18. The molecule has 0 radical (unpaired) electrons. The number of aromatic nitrogens is 1. The van der Waals surface area contributed by atoms with Crippen LogP contribution in [-0.4, -0.2) is 42.0 Å². The number of carbonyl (C=O) groups excluding carboxylic acids is 1. The van der Waals surface area contributed by atoms with Gasteiger partial charge in [-0.15, -0.1) is 11.3 Å². The number of piperazine rings is 1. The number of thiazole rings is 1. The zero-order chi connectivity index (χ0) is 18.8. The van der Waals surface area contributed by atoms with Gasteiger partial charge in [-0.1, -0.05) is 41.4 Å². The van der Waals surface area contributed by atoms with Crippen molar-refractivity contribution >= 4 is 34.5 Å². The van der Waals surface area contributed by atoms with E-state index >= 15 is 0 Å². The van der Waals surface area contributed by atoms with Gasteiger partial charge >= 0.3 is 0 Å². The second kappa shape index (κ2) is 7.71. The SMILES string of the molecule is Cc1ccc(-c2nc(C(=O)N3CCN(c4ccc(Cl)cc4)CC3)cs2)cc1. The van der Waals surface area contributed by atoms with Gasteiger partial charge in [0, 0.05) is 47.8 Å². The van der Waals surface area contributed by atoms with E-state index in [1.165, 1.54) is 16.9 Å². The lowest BCUT2D eigenvalue weighted by atomic mass is 10.2. The number of anilines is 1. The summed E-state index contributed by atoms with van der Waals surface area (Å²) in [4.78, 5) is 21.6. The minimum atomic E-state index is 0.0142. The van der Waals surface area contributed by atoms with Crippen molar-refractivity contribution in [1.82, 2.24) is 9.88 Å². The van der Waals surface area contributed by atoms with E-state index in [4.69, 9.17) is 11.6 Å². The monoisotopic (exact) mass is 397 g/mol. The second-order valence-electron chi connectivity index (χ2n) is 6.66. The predicted molar refractivity (Wildman–Crippen MR) is 112 cm³/mol. The average Bonchev–Trinajstić information content (AvgIpc) is 3.19. The molecule has 4 rings (SSSR count). The molecule has 27 heavy (non-hydrogen) atoms. The highest BCUT2D eigenvalue weighted by atomic mass is 35.5. The predicted octanol–water partition coefficient (Wildman–Crippen LogP) is 4.73. The minimum absolute atomic E-state index is 0.0142. The largest absolute Gasteiger partial charge is 0.368 e. The van der Waals surface area contributed by atoms with E-state index in [-0.39, 0.29) is 5.91 Å². The zero-order valence-electron chi connectivity index (χ0n) is 15.1. The highest BCUT2D eigenvalue weighted by Crippen LogP contribution is 2.25. The summed E-state index contributed by atoms with van der Waals surface area (Å²) in [6.45, 7) is 5.06. The lowest BCUT2D eigenvalue weighted by Gasteiger charge is -2.35. The summed E-state index contributed by atoms with van der Waals surface area (Å²) in [6, 6.07) is 16.1. The Morgan fingerprint density at radius 1 is 1.00 bits per heavy atom. The number of carbonyl (C=O) groups is 1. The molecule has 3 aromatic rings. The Balaban J connectivity index is 1.41. The first-order valence-corrected chi connectivity index (χ1v) is 10.2. The Morgan fingerprint density at radius 2 is 1.67 bits per heavy atom. The molecule has 2 aromatic carbocycles. The van der Waals surface area contributed by atoms with Crippen LogP contribution in [-0.2, 0) is 0 Å². The number of rotatable bonds is 3. The third kappa shape index (κ3) is 3.99. The van der Waals surface area contributed by atoms with Crippen molar-refractivity contribution in [2.24, 2.45) is 0 Å². The van der Waals surface area contributed by atoms with Gasteiger partial charge < -0.3 is 9.80 Å². The van der Waals surface area contributed by atoms with Crippen LogP contribution in [0.25, 0.3) is 10.6 Å². The summed E-state index contributed by atoms with van der Waals surface area (Å²) < 4.78 is 0. The molecule has 2 heterocycles. The zero-order valence-corrected chi connectivity index (χ0v) is 16.6. The molecular weight excluding hydrogens is 378 g/mol. The highest BCUT2D eigenvalue weighted by Gasteiger charge is 2.24. The molecule has 1 aliphatic heterocycles. The normalized spacial score (nSPS) is 14.4. The molecule has 0 atom stereocenters. The molecule has 0 bridgehead atoms. The maximum atomic E-state index is 12.8. The van der Waals surface area contributed by atoms with Crippen LogP contribution in [0, 0.1) is 6.92 Å². The van der Waals surface area contributed by atoms with Gasteiger partial charge in [-0.2, -0.15) is 0 Å². The molecule has 0 unspecified atom stereocenters. The highest BCUT2D eigenvalue weighted by molar-refractivity contribution is 7.13. The first kappa shape index (κ1) is 18.0. The van der Waals surface area contributed by atoms with Gasteiger partial charge in [-0.05, 0) is 31.2 Å². The van der Waals surface area contributed by atoms with Crippen molar-refractivity contribution in [2.45, 2.75) is 6.92 Å². The standard InChI is InChI=1S/C21H20ClN3OS/c1-15-2-4-16(5-3-15)20-23-19(14-27-20)21(26)25-12-10-24(11-13-25)18-8-6-17(22)7-9-18/h2-9,14H,10-13H2,1H3. The Kier molecular flexibility index (Phi) is 5.14. The fraction of sp³-hybridized carbons (Fsp3) is 0.238. The van der Waals surface area contributed by atoms with Crippen molar-refractivity contribution in [3.8, 4) is 10.6 Å². The van der Waals surface area contributed by atoms with Gasteiger partial charge in [0.15, 0.2) is 0 Å². The molecule has 1 aliphatic rings. The van der Waals surface area contributed by atoms with Gasteiger partial charge in [-0.3, -0.25) is 4.79 Å². The lowest BCUT2D eigenvalue weighted by Crippen LogP contribution is -2.48. The van der Waals surface area contributed by atoms with Crippen LogP contribution >= 0.6 is 22.9 Å². The molecule has 0 saturated carbocycles. The molecule has 1 amide bonds. The third-order valence-corrected chi connectivity index (χ3v) is 5.92. The van der Waals surface area contributed by atoms with Crippen LogP contribution in [0.15, 0.2) is 53.9 Å². The van der Waals surface area contributed by atoms with Crippen LogP contribution in [0.5, 0.6) is 0 Å². The summed E-state index contributed by atoms with van der Waals surface area (Å²) in [5.41, 5.74) is 3.94. The van der Waals surface area contributed by atoms with Gasteiger partial charge in [0.25, 0.3) is 5.91 Å². The molecule has 0 spiro atoms. The first-order chi connectivity index (χ1) is 13.1. The second-order valence-corrected chi connectivity index (χ2v) is 7.95. The number of aryl methyl sites for hydroxylation is 1. The number of hydrogen-bond acceptors (Lipinski definition) is 4. The smallest absolute Gasteiger partial charge is 0.273 e. The molecule has 1 fully saturated rings. The molecule has 0 N–H and O–H groups in total. The fourth-order valence-corrected chi connectivity index (χ4v) is 4.11. The van der Waals surface area contributed by atoms with Crippen molar-refractivity contribution in [1.29, 1.82) is 0 Å². The summed E-state index contributed by atoms with van der Waals surface area (Å²) in [6.07, 6.45) is 0. The number of halogens is 1. The van der Waals surface area contributed by atoms with Crippen LogP contribution < -0.4 is 4.90 Å². The Hall–Kier alpha value is -2.37. The number of hydrogen-bond donors (Lipinski definition) is 0. The number of benzene rings is 2. The molecule has 1 aromatic heterocycles. The van der Waals surface area contributed by atoms with Crippen LogP contribution in [0.3, 0.4) is 0 Å². The van der Waals surface area contributed by atoms with E-state index in [9.17, 15) is 4.79 Å². The minimum Gasteiger partial charge on any atom is -0.368 e. The van der Waals surface area contributed by atoms with Crippen LogP contribution in [0.1, 0.15) is 16.1 Å². The van der Waals surface area contributed by atoms with Gasteiger partial charge in [0.05, 0.1) is 0 Å². The third-order valence-electron chi connectivity index (χ3n) is 4.78. The topological polar surface area (TPSA) is 36.4 Å². The van der Waals surface area contributed by atoms with Crippen molar-refractivity contribution in [2.75, 3.05) is 31.1 Å². The van der Waals surface area contributed by atoms with E-state index in [1.54, 1.807) is 0 Å². The van der Waals surface area contributed by atoms with Gasteiger partial charge in [-0.25, -0.2) is 4.98 Å². The Bertz CT molecular complexity index is 929. The maximum Gasteiger partial charge on any atom is 0.273 e. The van der Waals surface area contributed by atoms with Crippen molar-refractivity contribution in [3.63, 3.8) is 0 Å². The van der Waals surface area contributed by atoms with E-state index in [1.807, 2.05) is 46.7 Å². The van der Waals surface area contributed by atoms with Gasteiger partial charge in [0.2, 0.25) is 0 Å². The summed E-state index contributed by atoms with van der Waals surface area (Å²) in [5.74, 6) is 0.0142. The molecule has 138 valence electrons. The Labute approximate surface area is 168 Å². The summed E-state index contributed by atoms with van der Waals surface area (Å²) >= 11 is 7.48.